The monoisotopic (exact) mass is 219 g/mol. The lowest BCUT2D eigenvalue weighted by molar-refractivity contribution is 0.0561. The molecule has 1 atom stereocenters. The number of nitrogens with one attached hydrogen (secondary N) is 1. The minimum atomic E-state index is 0.242. The summed E-state index contributed by atoms with van der Waals surface area (Å²) in [6, 6.07) is 3.90. The number of ether oxygens (including phenoxy) is 1. The first-order chi connectivity index (χ1) is 6.22. The molecule has 0 radical (unpaired) electrons. The summed E-state index contributed by atoms with van der Waals surface area (Å²) in [7, 11) is 1.92. The van der Waals surface area contributed by atoms with Gasteiger partial charge in [0.1, 0.15) is 0 Å². The van der Waals surface area contributed by atoms with E-state index in [-0.39, 0.29) is 6.10 Å². The van der Waals surface area contributed by atoms with Crippen molar-refractivity contribution in [3.05, 3.63) is 21.3 Å². The molecule has 0 bridgehead atoms. The summed E-state index contributed by atoms with van der Waals surface area (Å²) in [4.78, 5) is 1.17. The predicted octanol–water partition coefficient (Wildman–Crippen LogP) is 2.53. The van der Waals surface area contributed by atoms with Gasteiger partial charge in [0, 0.05) is 11.4 Å². The average Bonchev–Trinajstić information content (AvgIpc) is 2.49. The van der Waals surface area contributed by atoms with Gasteiger partial charge in [-0.15, -0.1) is 11.3 Å². The maximum atomic E-state index is 5.79. The molecule has 1 aromatic heterocycles. The third-order valence-corrected chi connectivity index (χ3v) is 2.84. The smallest absolute Gasteiger partial charge is 0.0932 e. The summed E-state index contributed by atoms with van der Waals surface area (Å²) in [5.41, 5.74) is 0. The van der Waals surface area contributed by atoms with Gasteiger partial charge in [-0.05, 0) is 26.1 Å². The highest BCUT2D eigenvalue weighted by Gasteiger charge is 2.02. The quantitative estimate of drug-likeness (QED) is 0.822. The van der Waals surface area contributed by atoms with Gasteiger partial charge in [-0.1, -0.05) is 11.6 Å². The molecule has 0 saturated heterocycles. The first-order valence-corrected chi connectivity index (χ1v) is 5.42. The average molecular weight is 220 g/mol. The van der Waals surface area contributed by atoms with Gasteiger partial charge in [0.15, 0.2) is 0 Å². The third kappa shape index (κ3) is 4.09. The minimum absolute atomic E-state index is 0.242. The van der Waals surface area contributed by atoms with Crippen molar-refractivity contribution in [3.8, 4) is 0 Å². The summed E-state index contributed by atoms with van der Waals surface area (Å²) < 4.78 is 6.39. The Bertz CT molecular complexity index is 252. The van der Waals surface area contributed by atoms with Gasteiger partial charge in [-0.3, -0.25) is 0 Å². The van der Waals surface area contributed by atoms with Crippen molar-refractivity contribution >= 4 is 22.9 Å². The van der Waals surface area contributed by atoms with Gasteiger partial charge in [0.05, 0.1) is 17.0 Å². The highest BCUT2D eigenvalue weighted by Crippen LogP contribution is 2.22. The van der Waals surface area contributed by atoms with Gasteiger partial charge >= 0.3 is 0 Å². The van der Waals surface area contributed by atoms with E-state index in [0.717, 1.165) is 10.9 Å². The first-order valence-electron chi connectivity index (χ1n) is 4.22. The molecule has 0 fully saturated rings. The van der Waals surface area contributed by atoms with Crippen LogP contribution in [0.4, 0.5) is 0 Å². The van der Waals surface area contributed by atoms with Crippen molar-refractivity contribution in [1.29, 1.82) is 0 Å². The van der Waals surface area contributed by atoms with Crippen LogP contribution in [-0.4, -0.2) is 19.7 Å². The molecule has 1 N–H and O–H groups in total. The molecule has 1 rings (SSSR count). The Kier molecular flexibility index (Phi) is 4.73. The van der Waals surface area contributed by atoms with Crippen LogP contribution in [0.15, 0.2) is 12.1 Å². The first kappa shape index (κ1) is 11.0. The Balaban J connectivity index is 2.26. The molecule has 2 nitrogen and oxygen atoms in total. The van der Waals surface area contributed by atoms with Crippen LogP contribution in [0.3, 0.4) is 0 Å². The Morgan fingerprint density at radius 2 is 2.38 bits per heavy atom. The zero-order valence-electron chi connectivity index (χ0n) is 7.84. The summed E-state index contributed by atoms with van der Waals surface area (Å²) in [6.07, 6.45) is 0.242. The maximum absolute atomic E-state index is 5.79. The molecule has 1 heterocycles. The van der Waals surface area contributed by atoms with Crippen LogP contribution in [-0.2, 0) is 11.3 Å². The van der Waals surface area contributed by atoms with Crippen LogP contribution in [0.25, 0.3) is 0 Å². The Morgan fingerprint density at radius 3 is 2.92 bits per heavy atom. The number of hydrogen-bond acceptors (Lipinski definition) is 3. The Morgan fingerprint density at radius 1 is 1.62 bits per heavy atom. The van der Waals surface area contributed by atoms with Crippen molar-refractivity contribution in [1.82, 2.24) is 5.32 Å². The summed E-state index contributed by atoms with van der Waals surface area (Å²) in [5, 5.41) is 3.06. The van der Waals surface area contributed by atoms with Crippen LogP contribution in [0.1, 0.15) is 11.8 Å². The fourth-order valence-electron chi connectivity index (χ4n) is 1.00. The maximum Gasteiger partial charge on any atom is 0.0932 e. The summed E-state index contributed by atoms with van der Waals surface area (Å²) in [5.74, 6) is 0. The number of halogens is 1. The lowest BCUT2D eigenvalue weighted by Crippen LogP contribution is -2.23. The number of hydrogen-bond donors (Lipinski definition) is 1. The molecule has 0 amide bonds. The van der Waals surface area contributed by atoms with Crippen LogP contribution in [0, 0.1) is 0 Å². The molecule has 4 heteroatoms. The van der Waals surface area contributed by atoms with Crippen molar-refractivity contribution in [3.63, 3.8) is 0 Å². The largest absolute Gasteiger partial charge is 0.372 e. The third-order valence-electron chi connectivity index (χ3n) is 1.63. The van der Waals surface area contributed by atoms with Crippen molar-refractivity contribution in [2.24, 2.45) is 0 Å². The molecule has 0 aliphatic carbocycles. The molecular formula is C9H14ClNOS. The Hall–Kier alpha value is -0.0900. The van der Waals surface area contributed by atoms with Crippen LogP contribution in [0.5, 0.6) is 0 Å². The molecule has 1 unspecified atom stereocenters. The Labute approximate surface area is 87.9 Å². The molecule has 0 saturated carbocycles. The lowest BCUT2D eigenvalue weighted by atomic mass is 10.4. The standard InChI is InChI=1S/C9H14ClNOS/c1-7(5-11-2)12-6-8-3-4-9(10)13-8/h3-4,7,11H,5-6H2,1-2H3. The van der Waals surface area contributed by atoms with E-state index in [9.17, 15) is 0 Å². The van der Waals surface area contributed by atoms with E-state index in [1.807, 2.05) is 26.1 Å². The van der Waals surface area contributed by atoms with E-state index in [4.69, 9.17) is 16.3 Å². The second-order valence-corrected chi connectivity index (χ2v) is 4.68. The normalized spacial score (nSPS) is 13.2. The van der Waals surface area contributed by atoms with Crippen molar-refractivity contribution < 1.29 is 4.74 Å². The van der Waals surface area contributed by atoms with Gasteiger partial charge in [-0.2, -0.15) is 0 Å². The SMILES string of the molecule is CNCC(C)OCc1ccc(Cl)s1. The number of likely N-dealkylation sites (N-methyl/N-ethyl adjacent to an activating group) is 1. The highest BCUT2D eigenvalue weighted by molar-refractivity contribution is 7.16. The van der Waals surface area contributed by atoms with E-state index in [0.29, 0.717) is 6.61 Å². The zero-order chi connectivity index (χ0) is 9.68. The number of rotatable bonds is 5. The molecule has 0 aliphatic heterocycles. The lowest BCUT2D eigenvalue weighted by Gasteiger charge is -2.10. The van der Waals surface area contributed by atoms with Crippen molar-refractivity contribution in [2.75, 3.05) is 13.6 Å². The van der Waals surface area contributed by atoms with Crippen molar-refractivity contribution in [2.45, 2.75) is 19.6 Å². The fraction of sp³-hybridized carbons (Fsp3) is 0.556. The molecule has 74 valence electrons. The molecule has 0 aromatic carbocycles. The second-order valence-electron chi connectivity index (χ2n) is 2.89. The predicted molar refractivity (Wildman–Crippen MR) is 57.5 cm³/mol. The summed E-state index contributed by atoms with van der Waals surface area (Å²) in [6.45, 7) is 3.57. The number of thiophene rings is 1. The second kappa shape index (κ2) is 5.60. The van der Waals surface area contributed by atoms with E-state index < -0.39 is 0 Å². The van der Waals surface area contributed by atoms with Crippen LogP contribution >= 0.6 is 22.9 Å². The minimum Gasteiger partial charge on any atom is -0.372 e. The highest BCUT2D eigenvalue weighted by atomic mass is 35.5. The molecule has 0 aliphatic rings. The van der Waals surface area contributed by atoms with Gasteiger partial charge in [0.25, 0.3) is 0 Å². The molecule has 1 aromatic rings. The fourth-order valence-corrected chi connectivity index (χ4v) is 2.01. The zero-order valence-corrected chi connectivity index (χ0v) is 9.41. The van der Waals surface area contributed by atoms with Gasteiger partial charge in [0.2, 0.25) is 0 Å². The van der Waals surface area contributed by atoms with E-state index in [2.05, 4.69) is 5.32 Å². The van der Waals surface area contributed by atoms with Gasteiger partial charge < -0.3 is 10.1 Å². The van der Waals surface area contributed by atoms with E-state index >= 15 is 0 Å². The molecule has 13 heavy (non-hydrogen) atoms. The summed E-state index contributed by atoms with van der Waals surface area (Å²) >= 11 is 7.36. The topological polar surface area (TPSA) is 21.3 Å². The van der Waals surface area contributed by atoms with Crippen LogP contribution in [0.2, 0.25) is 4.34 Å². The van der Waals surface area contributed by atoms with E-state index in [1.54, 1.807) is 11.3 Å². The van der Waals surface area contributed by atoms with Gasteiger partial charge in [-0.25, -0.2) is 0 Å². The molecule has 0 spiro atoms. The molecular weight excluding hydrogens is 206 g/mol. The van der Waals surface area contributed by atoms with E-state index in [1.165, 1.54) is 4.88 Å². The van der Waals surface area contributed by atoms with Crippen LogP contribution < -0.4 is 5.32 Å².